The maximum Gasteiger partial charge on any atom is 0.289 e. The first kappa shape index (κ1) is 14.9. The van der Waals surface area contributed by atoms with Crippen LogP contribution in [0.15, 0.2) is 41.7 Å². The number of amides is 1. The van der Waals surface area contributed by atoms with Crippen LogP contribution in [0.3, 0.4) is 0 Å². The van der Waals surface area contributed by atoms with Crippen LogP contribution in [-0.4, -0.2) is 34.6 Å². The van der Waals surface area contributed by atoms with Crippen LogP contribution in [0, 0.1) is 5.92 Å². The van der Waals surface area contributed by atoms with Crippen molar-refractivity contribution in [1.29, 1.82) is 0 Å². The summed E-state index contributed by atoms with van der Waals surface area (Å²) in [5.74, 6) is 0.0478. The molecular formula is C18H18BrNO3. The minimum atomic E-state index is -0.331. The third kappa shape index (κ3) is 2.24. The Bertz CT molecular complexity index is 699. The number of hydrogen-bond donors (Lipinski definition) is 0. The standard InChI is InChI=1S/C18H18BrNO3/c1-20-15(10-5-3-2-4-6-10)14-16(21)12-9-11(19)7-8-13(12)23-17(14)18(20)22/h2-6,11-13,15H,7-9H2,1H3. The molecule has 4 atom stereocenters. The number of Topliss-reactive ketones (excluding diaryl/α,β-unsaturated/α-hetero) is 1. The van der Waals surface area contributed by atoms with Crippen LogP contribution in [0.1, 0.15) is 30.9 Å². The number of rotatable bonds is 1. The molecule has 0 spiro atoms. The van der Waals surface area contributed by atoms with Gasteiger partial charge in [-0.25, -0.2) is 0 Å². The van der Waals surface area contributed by atoms with E-state index in [1.807, 2.05) is 30.3 Å². The van der Waals surface area contributed by atoms with Gasteiger partial charge >= 0.3 is 0 Å². The molecule has 4 nitrogen and oxygen atoms in total. The molecule has 23 heavy (non-hydrogen) atoms. The first-order valence-electron chi connectivity index (χ1n) is 7.99. The topological polar surface area (TPSA) is 46.6 Å². The van der Waals surface area contributed by atoms with E-state index >= 15 is 0 Å². The Morgan fingerprint density at radius 2 is 1.91 bits per heavy atom. The van der Waals surface area contributed by atoms with Gasteiger partial charge in [0.25, 0.3) is 5.91 Å². The summed E-state index contributed by atoms with van der Waals surface area (Å²) in [5.41, 5.74) is 1.50. The molecule has 1 amide bonds. The van der Waals surface area contributed by atoms with E-state index in [0.29, 0.717) is 10.4 Å². The Kier molecular flexibility index (Phi) is 3.56. The fourth-order valence-electron chi connectivity index (χ4n) is 3.96. The van der Waals surface area contributed by atoms with Crippen molar-refractivity contribution in [3.05, 3.63) is 47.2 Å². The van der Waals surface area contributed by atoms with E-state index in [0.717, 1.165) is 24.8 Å². The minimum absolute atomic E-state index is 0.0898. The Labute approximate surface area is 143 Å². The number of ether oxygens (including phenoxy) is 1. The van der Waals surface area contributed by atoms with Crippen LogP contribution < -0.4 is 0 Å². The zero-order valence-electron chi connectivity index (χ0n) is 12.9. The van der Waals surface area contributed by atoms with Gasteiger partial charge in [-0.3, -0.25) is 9.59 Å². The highest BCUT2D eigenvalue weighted by molar-refractivity contribution is 9.09. The summed E-state index contributed by atoms with van der Waals surface area (Å²) < 4.78 is 6.01. The fraction of sp³-hybridized carbons (Fsp3) is 0.444. The van der Waals surface area contributed by atoms with E-state index in [9.17, 15) is 9.59 Å². The molecule has 0 bridgehead atoms. The number of benzene rings is 1. The van der Waals surface area contributed by atoms with Gasteiger partial charge in [-0.15, -0.1) is 0 Å². The van der Waals surface area contributed by atoms with Crippen molar-refractivity contribution in [2.45, 2.75) is 36.2 Å². The number of halogens is 1. The predicted molar refractivity (Wildman–Crippen MR) is 88.9 cm³/mol. The Hall–Kier alpha value is -1.62. The molecule has 0 saturated heterocycles. The molecule has 4 unspecified atom stereocenters. The maximum atomic E-state index is 13.1. The Morgan fingerprint density at radius 1 is 1.17 bits per heavy atom. The molecule has 120 valence electrons. The van der Waals surface area contributed by atoms with Crippen molar-refractivity contribution >= 4 is 27.6 Å². The monoisotopic (exact) mass is 375 g/mol. The second-order valence-electron chi connectivity index (χ2n) is 6.51. The van der Waals surface area contributed by atoms with Crippen LogP contribution >= 0.6 is 15.9 Å². The second-order valence-corrected chi connectivity index (χ2v) is 7.80. The van der Waals surface area contributed by atoms with Crippen molar-refractivity contribution in [2.24, 2.45) is 5.92 Å². The summed E-state index contributed by atoms with van der Waals surface area (Å²) in [6, 6.07) is 9.37. The number of ketones is 1. The van der Waals surface area contributed by atoms with E-state index in [1.54, 1.807) is 11.9 Å². The highest BCUT2D eigenvalue weighted by Crippen LogP contribution is 2.46. The van der Waals surface area contributed by atoms with Gasteiger partial charge in [-0.1, -0.05) is 46.3 Å². The molecule has 1 saturated carbocycles. The predicted octanol–water partition coefficient (Wildman–Crippen LogP) is 2.99. The number of fused-ring (bicyclic) bond motifs is 1. The molecule has 1 aromatic rings. The molecule has 0 N–H and O–H groups in total. The van der Waals surface area contributed by atoms with Crippen molar-refractivity contribution in [2.75, 3.05) is 7.05 Å². The zero-order chi connectivity index (χ0) is 16.1. The number of likely N-dealkylation sites (N-methyl/N-ethyl adjacent to an activating group) is 1. The van der Waals surface area contributed by atoms with E-state index in [1.165, 1.54) is 0 Å². The van der Waals surface area contributed by atoms with Crippen LogP contribution in [0.4, 0.5) is 0 Å². The second kappa shape index (κ2) is 5.48. The van der Waals surface area contributed by atoms with Gasteiger partial charge in [0, 0.05) is 11.9 Å². The number of carbonyl (C=O) groups is 2. The summed E-state index contributed by atoms with van der Waals surface area (Å²) in [5, 5.41) is 0. The van der Waals surface area contributed by atoms with E-state index in [4.69, 9.17) is 4.74 Å². The van der Waals surface area contributed by atoms with E-state index < -0.39 is 0 Å². The summed E-state index contributed by atoms with van der Waals surface area (Å²) in [6.45, 7) is 0. The number of nitrogens with zero attached hydrogens (tertiary/aromatic N) is 1. The van der Waals surface area contributed by atoms with Gasteiger partial charge in [0.2, 0.25) is 0 Å². The fourth-order valence-corrected chi connectivity index (χ4v) is 4.62. The van der Waals surface area contributed by atoms with Crippen molar-refractivity contribution in [3.8, 4) is 0 Å². The summed E-state index contributed by atoms with van der Waals surface area (Å²) >= 11 is 3.63. The third-order valence-corrected chi connectivity index (χ3v) is 5.96. The zero-order valence-corrected chi connectivity index (χ0v) is 14.5. The van der Waals surface area contributed by atoms with Crippen molar-refractivity contribution in [3.63, 3.8) is 0 Å². The van der Waals surface area contributed by atoms with Crippen LogP contribution in [0.5, 0.6) is 0 Å². The summed E-state index contributed by atoms with van der Waals surface area (Å²) in [4.78, 5) is 27.7. The number of alkyl halides is 1. The molecular weight excluding hydrogens is 358 g/mol. The summed E-state index contributed by atoms with van der Waals surface area (Å²) in [7, 11) is 1.74. The largest absolute Gasteiger partial charge is 0.483 e. The quantitative estimate of drug-likeness (QED) is 0.708. The van der Waals surface area contributed by atoms with Crippen molar-refractivity contribution in [1.82, 2.24) is 4.90 Å². The third-order valence-electron chi connectivity index (χ3n) is 5.13. The molecule has 2 heterocycles. The molecule has 0 radical (unpaired) electrons. The van der Waals surface area contributed by atoms with Crippen LogP contribution in [-0.2, 0) is 14.3 Å². The van der Waals surface area contributed by atoms with Gasteiger partial charge in [0.15, 0.2) is 11.5 Å². The molecule has 0 aromatic heterocycles. The van der Waals surface area contributed by atoms with Gasteiger partial charge in [-0.2, -0.15) is 0 Å². The van der Waals surface area contributed by atoms with Crippen molar-refractivity contribution < 1.29 is 14.3 Å². The lowest BCUT2D eigenvalue weighted by atomic mass is 9.77. The molecule has 1 aromatic carbocycles. The highest BCUT2D eigenvalue weighted by atomic mass is 79.9. The number of hydrogen-bond acceptors (Lipinski definition) is 3. The molecule has 5 heteroatoms. The average molecular weight is 376 g/mol. The van der Waals surface area contributed by atoms with Gasteiger partial charge in [0.05, 0.1) is 17.5 Å². The summed E-state index contributed by atoms with van der Waals surface area (Å²) in [6.07, 6.45) is 2.42. The molecule has 4 rings (SSSR count). The Balaban J connectivity index is 1.78. The van der Waals surface area contributed by atoms with E-state index in [2.05, 4.69) is 15.9 Å². The van der Waals surface area contributed by atoms with Crippen LogP contribution in [0.2, 0.25) is 0 Å². The average Bonchev–Trinajstić information content (AvgIpc) is 2.81. The van der Waals surface area contributed by atoms with Gasteiger partial charge in [-0.05, 0) is 24.8 Å². The Morgan fingerprint density at radius 3 is 2.65 bits per heavy atom. The van der Waals surface area contributed by atoms with Gasteiger partial charge in [0.1, 0.15) is 6.10 Å². The first-order chi connectivity index (χ1) is 11.1. The lowest BCUT2D eigenvalue weighted by Crippen LogP contribution is -2.41. The SMILES string of the molecule is CN1C(=O)C2=C(C(=O)C3CC(Br)CCC3O2)C1c1ccccc1. The van der Waals surface area contributed by atoms with Gasteiger partial charge < -0.3 is 9.64 Å². The number of carbonyl (C=O) groups excluding carboxylic acids is 2. The highest BCUT2D eigenvalue weighted by Gasteiger charge is 2.51. The first-order valence-corrected chi connectivity index (χ1v) is 8.90. The molecule has 3 aliphatic rings. The lowest BCUT2D eigenvalue weighted by molar-refractivity contribution is -0.134. The molecule has 1 fully saturated rings. The van der Waals surface area contributed by atoms with E-state index in [-0.39, 0.29) is 35.5 Å². The maximum absolute atomic E-state index is 13.1. The smallest absolute Gasteiger partial charge is 0.289 e. The molecule has 1 aliphatic carbocycles. The normalized spacial score (nSPS) is 33.4. The van der Waals surface area contributed by atoms with Crippen LogP contribution in [0.25, 0.3) is 0 Å². The minimum Gasteiger partial charge on any atom is -0.483 e. The molecule has 2 aliphatic heterocycles. The lowest BCUT2D eigenvalue weighted by Gasteiger charge is -2.37.